The molecule has 2 amide bonds. The molecule has 0 unspecified atom stereocenters. The topological polar surface area (TPSA) is 93.0 Å². The van der Waals surface area contributed by atoms with Gasteiger partial charge >= 0.3 is 6.03 Å². The first kappa shape index (κ1) is 17.3. The van der Waals surface area contributed by atoms with Gasteiger partial charge in [0.1, 0.15) is 0 Å². The van der Waals surface area contributed by atoms with Crippen molar-refractivity contribution in [2.45, 2.75) is 6.54 Å². The fourth-order valence-corrected chi connectivity index (χ4v) is 2.36. The molecule has 1 aromatic heterocycles. The van der Waals surface area contributed by atoms with E-state index in [2.05, 4.69) is 20.8 Å². The molecule has 8 heteroatoms. The van der Waals surface area contributed by atoms with E-state index in [4.69, 9.17) is 0 Å². The summed E-state index contributed by atoms with van der Waals surface area (Å²) >= 11 is 0. The van der Waals surface area contributed by atoms with Crippen LogP contribution in [0.25, 0.3) is 11.1 Å². The van der Waals surface area contributed by atoms with E-state index in [0.29, 0.717) is 5.56 Å². The van der Waals surface area contributed by atoms with Crippen LogP contribution in [0.15, 0.2) is 54.6 Å². The molecule has 0 aliphatic heterocycles. The number of carbonyl (C=O) groups is 2. The quantitative estimate of drug-likeness (QED) is 0.724. The molecule has 0 saturated heterocycles. The van der Waals surface area contributed by atoms with Gasteiger partial charge in [0.15, 0.2) is 5.82 Å². The molecule has 3 rings (SSSR count). The molecule has 0 bridgehead atoms. The second kappa shape index (κ2) is 7.56. The largest absolute Gasteiger partial charge is 0.347 e. The molecule has 0 spiro atoms. The summed E-state index contributed by atoms with van der Waals surface area (Å²) in [5.74, 6) is -0.00517. The number of tetrazole rings is 1. The normalized spacial score (nSPS) is 10.4. The predicted octanol–water partition coefficient (Wildman–Crippen LogP) is 1.80. The number of nitrogens with zero attached hydrogens (tertiary/aromatic N) is 5. The Morgan fingerprint density at radius 2 is 1.65 bits per heavy atom. The Balaban J connectivity index is 1.66. The lowest BCUT2D eigenvalue weighted by molar-refractivity contribution is 0.0949. The van der Waals surface area contributed by atoms with E-state index in [1.54, 1.807) is 26.2 Å². The zero-order valence-electron chi connectivity index (χ0n) is 14.5. The SMILES string of the molecule is CN(C)C(=O)n1nnnc1CNC(=O)c1ccc(-c2ccccc2)cc1. The van der Waals surface area contributed by atoms with Crippen LogP contribution in [-0.2, 0) is 6.54 Å². The highest BCUT2D eigenvalue weighted by Gasteiger charge is 2.16. The molecule has 1 heterocycles. The van der Waals surface area contributed by atoms with Crippen molar-refractivity contribution in [3.05, 3.63) is 66.0 Å². The molecule has 132 valence electrons. The van der Waals surface area contributed by atoms with Gasteiger partial charge in [-0.05, 0) is 33.7 Å². The summed E-state index contributed by atoms with van der Waals surface area (Å²) in [7, 11) is 3.20. The smallest absolute Gasteiger partial charge is 0.345 e. The minimum Gasteiger partial charge on any atom is -0.345 e. The van der Waals surface area contributed by atoms with Crippen LogP contribution >= 0.6 is 0 Å². The Labute approximate surface area is 150 Å². The van der Waals surface area contributed by atoms with Crippen molar-refractivity contribution in [1.82, 2.24) is 30.4 Å². The molecule has 1 N–H and O–H groups in total. The van der Waals surface area contributed by atoms with Gasteiger partial charge in [-0.2, -0.15) is 0 Å². The van der Waals surface area contributed by atoms with Crippen LogP contribution in [0.3, 0.4) is 0 Å². The van der Waals surface area contributed by atoms with Crippen molar-refractivity contribution >= 4 is 11.9 Å². The highest BCUT2D eigenvalue weighted by atomic mass is 16.2. The van der Waals surface area contributed by atoms with Gasteiger partial charge in [0.25, 0.3) is 5.91 Å². The predicted molar refractivity (Wildman–Crippen MR) is 95.3 cm³/mol. The number of nitrogens with one attached hydrogen (secondary N) is 1. The monoisotopic (exact) mass is 350 g/mol. The third kappa shape index (κ3) is 3.75. The number of rotatable bonds is 4. The van der Waals surface area contributed by atoms with Crippen LogP contribution in [0, 0.1) is 0 Å². The van der Waals surface area contributed by atoms with Crippen LogP contribution in [0.1, 0.15) is 16.2 Å². The summed E-state index contributed by atoms with van der Waals surface area (Å²) in [6, 6.07) is 16.8. The number of hydrogen-bond donors (Lipinski definition) is 1. The van der Waals surface area contributed by atoms with E-state index in [9.17, 15) is 9.59 Å². The van der Waals surface area contributed by atoms with Crippen molar-refractivity contribution in [3.8, 4) is 11.1 Å². The van der Waals surface area contributed by atoms with E-state index < -0.39 is 0 Å². The minimum atomic E-state index is -0.383. The van der Waals surface area contributed by atoms with Crippen molar-refractivity contribution in [2.75, 3.05) is 14.1 Å². The molecule has 3 aromatic rings. The molecule has 0 saturated carbocycles. The fraction of sp³-hybridized carbons (Fsp3) is 0.167. The molecular weight excluding hydrogens is 332 g/mol. The molecule has 0 radical (unpaired) electrons. The number of aromatic nitrogens is 4. The van der Waals surface area contributed by atoms with E-state index >= 15 is 0 Å². The molecule has 2 aromatic carbocycles. The van der Waals surface area contributed by atoms with E-state index in [-0.39, 0.29) is 24.3 Å². The highest BCUT2D eigenvalue weighted by Crippen LogP contribution is 2.19. The second-order valence-electron chi connectivity index (χ2n) is 5.81. The standard InChI is InChI=1S/C18H18N6O2/c1-23(2)18(26)24-16(20-21-22-24)12-19-17(25)15-10-8-14(9-11-15)13-6-4-3-5-7-13/h3-11H,12H2,1-2H3,(H,19,25). The van der Waals surface area contributed by atoms with Gasteiger partial charge in [0.05, 0.1) is 6.54 Å². The first-order valence-electron chi connectivity index (χ1n) is 7.99. The van der Waals surface area contributed by atoms with Crippen molar-refractivity contribution in [3.63, 3.8) is 0 Å². The Kier molecular flexibility index (Phi) is 5.02. The summed E-state index contributed by atoms with van der Waals surface area (Å²) in [5.41, 5.74) is 2.63. The number of amides is 2. The van der Waals surface area contributed by atoms with Crippen LogP contribution in [0.4, 0.5) is 4.79 Å². The molecule has 0 aliphatic rings. The van der Waals surface area contributed by atoms with E-state index in [1.807, 2.05) is 42.5 Å². The second-order valence-corrected chi connectivity index (χ2v) is 5.81. The van der Waals surface area contributed by atoms with Crippen molar-refractivity contribution < 1.29 is 9.59 Å². The Bertz CT molecular complexity index is 903. The zero-order chi connectivity index (χ0) is 18.5. The van der Waals surface area contributed by atoms with Crippen LogP contribution in [-0.4, -0.2) is 51.1 Å². The Morgan fingerprint density at radius 1 is 1.00 bits per heavy atom. The number of benzene rings is 2. The van der Waals surface area contributed by atoms with Crippen LogP contribution < -0.4 is 5.32 Å². The lowest BCUT2D eigenvalue weighted by atomic mass is 10.0. The average Bonchev–Trinajstić information content (AvgIpc) is 3.14. The van der Waals surface area contributed by atoms with Gasteiger partial charge in [-0.3, -0.25) is 4.79 Å². The zero-order valence-corrected chi connectivity index (χ0v) is 14.5. The maximum atomic E-state index is 12.3. The molecule has 0 atom stereocenters. The van der Waals surface area contributed by atoms with Crippen LogP contribution in [0.5, 0.6) is 0 Å². The van der Waals surface area contributed by atoms with Gasteiger partial charge in [0.2, 0.25) is 0 Å². The molecule has 0 aliphatic carbocycles. The van der Waals surface area contributed by atoms with Crippen molar-refractivity contribution in [1.29, 1.82) is 0 Å². The van der Waals surface area contributed by atoms with Gasteiger partial charge in [-0.1, -0.05) is 42.5 Å². The van der Waals surface area contributed by atoms with Crippen molar-refractivity contribution in [2.24, 2.45) is 0 Å². The van der Waals surface area contributed by atoms with E-state index in [0.717, 1.165) is 15.8 Å². The van der Waals surface area contributed by atoms with E-state index in [1.165, 1.54) is 4.90 Å². The van der Waals surface area contributed by atoms with Crippen LogP contribution in [0.2, 0.25) is 0 Å². The lowest BCUT2D eigenvalue weighted by Crippen LogP contribution is -2.32. The highest BCUT2D eigenvalue weighted by molar-refractivity contribution is 5.94. The van der Waals surface area contributed by atoms with Gasteiger partial charge in [-0.25, -0.2) is 4.79 Å². The van der Waals surface area contributed by atoms with Gasteiger partial charge < -0.3 is 10.2 Å². The first-order chi connectivity index (χ1) is 12.6. The Hall–Kier alpha value is -3.55. The third-order valence-electron chi connectivity index (χ3n) is 3.76. The third-order valence-corrected chi connectivity index (χ3v) is 3.76. The molecular formula is C18H18N6O2. The average molecular weight is 350 g/mol. The number of hydrogen-bond acceptors (Lipinski definition) is 5. The minimum absolute atomic E-state index is 0.0475. The van der Waals surface area contributed by atoms with Gasteiger partial charge in [0, 0.05) is 19.7 Å². The summed E-state index contributed by atoms with van der Waals surface area (Å²) in [5, 5.41) is 13.6. The number of carbonyl (C=O) groups excluding carboxylic acids is 2. The van der Waals surface area contributed by atoms with Gasteiger partial charge in [-0.15, -0.1) is 9.78 Å². The fourth-order valence-electron chi connectivity index (χ4n) is 2.36. The Morgan fingerprint density at radius 3 is 2.31 bits per heavy atom. The summed E-state index contributed by atoms with van der Waals surface area (Å²) in [6.45, 7) is 0.0475. The maximum absolute atomic E-state index is 12.3. The first-order valence-corrected chi connectivity index (χ1v) is 7.99. The summed E-state index contributed by atoms with van der Waals surface area (Å²) < 4.78 is 1.05. The maximum Gasteiger partial charge on any atom is 0.347 e. The summed E-state index contributed by atoms with van der Waals surface area (Å²) in [4.78, 5) is 25.6. The summed E-state index contributed by atoms with van der Waals surface area (Å²) in [6.07, 6.45) is 0. The molecule has 8 nitrogen and oxygen atoms in total. The lowest BCUT2D eigenvalue weighted by Gasteiger charge is -2.10. The molecule has 26 heavy (non-hydrogen) atoms. The molecule has 0 fully saturated rings.